The van der Waals surface area contributed by atoms with Gasteiger partial charge < -0.3 is 0 Å². The van der Waals surface area contributed by atoms with Gasteiger partial charge in [-0.2, -0.15) is 13.2 Å². The molecule has 1 rings (SSSR count). The molecular weight excluding hydrogens is 193 g/mol. The first-order chi connectivity index (χ1) is 6.49. The molecular formula is C10H8F3O. The summed E-state index contributed by atoms with van der Waals surface area (Å²) in [5, 5.41) is 0. The van der Waals surface area contributed by atoms with E-state index in [1.165, 1.54) is 12.4 Å². The average molecular weight is 201 g/mol. The Morgan fingerprint density at radius 2 is 2.00 bits per heavy atom. The second-order valence-electron chi connectivity index (χ2n) is 2.83. The zero-order chi connectivity index (χ0) is 10.8. The van der Waals surface area contributed by atoms with E-state index in [1.54, 1.807) is 6.92 Å². The van der Waals surface area contributed by atoms with Crippen molar-refractivity contribution in [3.63, 3.8) is 0 Å². The molecule has 1 aromatic rings. The third-order valence-electron chi connectivity index (χ3n) is 1.93. The van der Waals surface area contributed by atoms with Gasteiger partial charge in [-0.25, -0.2) is 0 Å². The smallest absolute Gasteiger partial charge is 0.285 e. The summed E-state index contributed by atoms with van der Waals surface area (Å²) in [6.07, 6.45) is -2.38. The van der Waals surface area contributed by atoms with Crippen LogP contribution >= 0.6 is 0 Å². The van der Waals surface area contributed by atoms with Crippen molar-refractivity contribution in [1.82, 2.24) is 0 Å². The van der Waals surface area contributed by atoms with Gasteiger partial charge in [0.2, 0.25) is 6.29 Å². The van der Waals surface area contributed by atoms with Crippen LogP contribution in [0.2, 0.25) is 0 Å². The largest absolute Gasteiger partial charge is 0.416 e. The van der Waals surface area contributed by atoms with Crippen molar-refractivity contribution < 1.29 is 18.0 Å². The molecule has 0 bridgehead atoms. The van der Waals surface area contributed by atoms with E-state index in [2.05, 4.69) is 0 Å². The molecule has 4 heteroatoms. The Balaban J connectivity index is 3.21. The summed E-state index contributed by atoms with van der Waals surface area (Å²) in [6, 6.07) is 3.11. The molecule has 1 nitrogen and oxygen atoms in total. The van der Waals surface area contributed by atoms with Crippen LogP contribution < -0.4 is 0 Å². The molecule has 0 atom stereocenters. The molecule has 0 saturated heterocycles. The zero-order valence-electron chi connectivity index (χ0n) is 7.48. The van der Waals surface area contributed by atoms with E-state index in [-0.39, 0.29) is 5.56 Å². The third-order valence-corrected chi connectivity index (χ3v) is 1.93. The van der Waals surface area contributed by atoms with Crippen molar-refractivity contribution in [3.8, 4) is 0 Å². The summed E-state index contributed by atoms with van der Waals surface area (Å²) in [4.78, 5) is 10.4. The van der Waals surface area contributed by atoms with Crippen molar-refractivity contribution in [2.45, 2.75) is 19.5 Å². The topological polar surface area (TPSA) is 17.1 Å². The van der Waals surface area contributed by atoms with Crippen molar-refractivity contribution in [3.05, 3.63) is 34.9 Å². The maximum atomic E-state index is 12.2. The summed E-state index contributed by atoms with van der Waals surface area (Å²) in [6.45, 7) is 1.77. The Labute approximate surface area is 79.5 Å². The number of benzene rings is 1. The summed E-state index contributed by atoms with van der Waals surface area (Å²) in [7, 11) is 0. The lowest BCUT2D eigenvalue weighted by molar-refractivity contribution is -0.137. The average Bonchev–Trinajstić information content (AvgIpc) is 2.15. The third kappa shape index (κ3) is 2.13. The van der Waals surface area contributed by atoms with Gasteiger partial charge >= 0.3 is 6.18 Å². The molecule has 0 aromatic heterocycles. The Morgan fingerprint density at radius 3 is 2.43 bits per heavy atom. The van der Waals surface area contributed by atoms with Gasteiger partial charge in [0.15, 0.2) is 0 Å². The number of rotatable bonds is 2. The molecule has 0 heterocycles. The predicted molar refractivity (Wildman–Crippen MR) is 45.6 cm³/mol. The number of hydrogen-bond acceptors (Lipinski definition) is 1. The van der Waals surface area contributed by atoms with Crippen molar-refractivity contribution in [2.24, 2.45) is 0 Å². The quantitative estimate of drug-likeness (QED) is 0.719. The molecule has 75 valence electrons. The van der Waals surface area contributed by atoms with Gasteiger partial charge in [-0.3, -0.25) is 4.79 Å². The van der Waals surface area contributed by atoms with Crippen LogP contribution in [0.25, 0.3) is 0 Å². The van der Waals surface area contributed by atoms with E-state index in [9.17, 15) is 18.0 Å². The molecule has 0 aliphatic carbocycles. The van der Waals surface area contributed by atoms with E-state index in [0.29, 0.717) is 12.0 Å². The molecule has 0 unspecified atom stereocenters. The summed E-state index contributed by atoms with van der Waals surface area (Å²) >= 11 is 0. The predicted octanol–water partition coefficient (Wildman–Crippen LogP) is 2.73. The van der Waals surface area contributed by atoms with Gasteiger partial charge in [-0.05, 0) is 24.1 Å². The van der Waals surface area contributed by atoms with Crippen LogP contribution in [0.15, 0.2) is 18.2 Å². The fourth-order valence-corrected chi connectivity index (χ4v) is 1.16. The van der Waals surface area contributed by atoms with Gasteiger partial charge in [0.05, 0.1) is 5.56 Å². The highest BCUT2D eigenvalue weighted by molar-refractivity contribution is 5.78. The lowest BCUT2D eigenvalue weighted by Gasteiger charge is -2.08. The second kappa shape index (κ2) is 3.82. The Kier molecular flexibility index (Phi) is 2.93. The van der Waals surface area contributed by atoms with Crippen molar-refractivity contribution in [2.75, 3.05) is 0 Å². The normalized spacial score (nSPS) is 11.4. The lowest BCUT2D eigenvalue weighted by Crippen LogP contribution is -2.06. The minimum absolute atomic E-state index is 0.0117. The number of carbonyl (C=O) groups excluding carboxylic acids is 1. The molecule has 0 amide bonds. The maximum absolute atomic E-state index is 12.2. The van der Waals surface area contributed by atoms with Gasteiger partial charge in [-0.15, -0.1) is 0 Å². The number of hydrogen-bond donors (Lipinski definition) is 0. The molecule has 0 fully saturated rings. The Hall–Kier alpha value is -1.32. The highest BCUT2D eigenvalue weighted by Crippen LogP contribution is 2.30. The van der Waals surface area contributed by atoms with Crippen LogP contribution in [0.1, 0.15) is 23.6 Å². The number of halogens is 3. The van der Waals surface area contributed by atoms with Crippen LogP contribution in [0.5, 0.6) is 0 Å². The minimum Gasteiger partial charge on any atom is -0.285 e. The van der Waals surface area contributed by atoms with E-state index in [4.69, 9.17) is 0 Å². The highest BCUT2D eigenvalue weighted by atomic mass is 19.4. The Bertz CT molecular complexity index is 342. The monoisotopic (exact) mass is 201 g/mol. The van der Waals surface area contributed by atoms with Gasteiger partial charge in [0.25, 0.3) is 0 Å². The van der Waals surface area contributed by atoms with E-state index in [1.807, 2.05) is 0 Å². The Morgan fingerprint density at radius 1 is 1.36 bits per heavy atom. The van der Waals surface area contributed by atoms with Gasteiger partial charge in [0.1, 0.15) is 0 Å². The SMILES string of the molecule is CCc1ccc(C(F)(F)F)cc1[C]=O. The molecule has 0 aliphatic rings. The van der Waals surface area contributed by atoms with E-state index >= 15 is 0 Å². The van der Waals surface area contributed by atoms with Crippen molar-refractivity contribution >= 4 is 6.29 Å². The molecule has 0 spiro atoms. The standard InChI is InChI=1S/C10H8F3O/c1-2-7-3-4-9(10(11,12)13)5-8(7)6-14/h3-5H,2H2,1H3. The van der Waals surface area contributed by atoms with E-state index in [0.717, 1.165) is 12.1 Å². The molecule has 0 aliphatic heterocycles. The van der Waals surface area contributed by atoms with E-state index < -0.39 is 11.7 Å². The number of alkyl halides is 3. The molecule has 1 aromatic carbocycles. The summed E-state index contributed by atoms with van der Waals surface area (Å²) < 4.78 is 36.6. The first kappa shape index (κ1) is 10.8. The van der Waals surface area contributed by atoms with Crippen molar-refractivity contribution in [1.29, 1.82) is 0 Å². The van der Waals surface area contributed by atoms with Gasteiger partial charge in [-0.1, -0.05) is 13.0 Å². The summed E-state index contributed by atoms with van der Waals surface area (Å²) in [5.41, 5.74) is -0.247. The van der Waals surface area contributed by atoms with Crippen LogP contribution in [0.4, 0.5) is 13.2 Å². The lowest BCUT2D eigenvalue weighted by atomic mass is 10.0. The van der Waals surface area contributed by atoms with Crippen LogP contribution in [0.3, 0.4) is 0 Å². The van der Waals surface area contributed by atoms with Gasteiger partial charge in [0, 0.05) is 5.56 Å². The highest BCUT2D eigenvalue weighted by Gasteiger charge is 2.30. The maximum Gasteiger partial charge on any atom is 0.416 e. The number of aryl methyl sites for hydroxylation is 1. The fraction of sp³-hybridized carbons (Fsp3) is 0.300. The summed E-state index contributed by atoms with van der Waals surface area (Å²) in [5.74, 6) is 0. The molecule has 1 radical (unpaired) electrons. The molecule has 0 N–H and O–H groups in total. The minimum atomic E-state index is -4.40. The zero-order valence-corrected chi connectivity index (χ0v) is 7.48. The molecule has 14 heavy (non-hydrogen) atoms. The first-order valence-electron chi connectivity index (χ1n) is 4.07. The first-order valence-corrected chi connectivity index (χ1v) is 4.07. The van der Waals surface area contributed by atoms with Crippen LogP contribution in [-0.4, -0.2) is 6.29 Å². The van der Waals surface area contributed by atoms with Crippen LogP contribution in [0, 0.1) is 0 Å². The molecule has 0 saturated carbocycles. The van der Waals surface area contributed by atoms with Crippen LogP contribution in [-0.2, 0) is 17.4 Å². The second-order valence-corrected chi connectivity index (χ2v) is 2.83. The fourth-order valence-electron chi connectivity index (χ4n) is 1.16.